The van der Waals surface area contributed by atoms with Crippen LogP contribution in [-0.2, 0) is 27.3 Å². The van der Waals surface area contributed by atoms with Crippen LogP contribution in [-0.4, -0.2) is 42.3 Å². The number of rotatable bonds is 5. The van der Waals surface area contributed by atoms with Gasteiger partial charge in [-0.15, -0.1) is 0 Å². The second-order valence-corrected chi connectivity index (χ2v) is 7.87. The van der Waals surface area contributed by atoms with Gasteiger partial charge in [0, 0.05) is 32.9 Å². The molecular formula is C23H25N3O4. The van der Waals surface area contributed by atoms with Crippen LogP contribution in [0.4, 0.5) is 11.4 Å². The highest BCUT2D eigenvalue weighted by Gasteiger charge is 2.27. The van der Waals surface area contributed by atoms with Gasteiger partial charge in [0.25, 0.3) is 0 Å². The molecule has 0 aliphatic carbocycles. The number of ether oxygens (including phenoxy) is 1. The summed E-state index contributed by atoms with van der Waals surface area (Å²) in [6.07, 6.45) is 1.21. The Labute approximate surface area is 175 Å². The number of hydrogen-bond donors (Lipinski definition) is 1. The Kier molecular flexibility index (Phi) is 5.44. The SMILES string of the molecule is CC1Cc2cc(CN(C)C(=O)CCC(=O)N3CC(=O)Nc4ccccc43)ccc2O1. The normalized spacial score (nSPS) is 16.9. The van der Waals surface area contributed by atoms with E-state index in [0.717, 1.165) is 23.3 Å². The van der Waals surface area contributed by atoms with Crippen LogP contribution in [0.2, 0.25) is 0 Å². The molecule has 0 spiro atoms. The van der Waals surface area contributed by atoms with Gasteiger partial charge in [-0.2, -0.15) is 0 Å². The molecule has 7 heteroatoms. The molecule has 1 unspecified atom stereocenters. The molecule has 0 radical (unpaired) electrons. The van der Waals surface area contributed by atoms with Crippen LogP contribution in [0, 0.1) is 0 Å². The average Bonchev–Trinajstić information content (AvgIpc) is 3.10. The van der Waals surface area contributed by atoms with Gasteiger partial charge in [-0.3, -0.25) is 14.4 Å². The maximum Gasteiger partial charge on any atom is 0.244 e. The maximum absolute atomic E-state index is 12.7. The van der Waals surface area contributed by atoms with Crippen molar-refractivity contribution in [1.29, 1.82) is 0 Å². The van der Waals surface area contributed by atoms with E-state index in [1.54, 1.807) is 30.1 Å². The van der Waals surface area contributed by atoms with Crippen molar-refractivity contribution in [1.82, 2.24) is 4.90 Å². The Morgan fingerprint density at radius 1 is 1.20 bits per heavy atom. The van der Waals surface area contributed by atoms with E-state index < -0.39 is 0 Å². The molecule has 1 atom stereocenters. The number of amides is 3. The number of carbonyl (C=O) groups excluding carboxylic acids is 3. The predicted octanol–water partition coefficient (Wildman–Crippen LogP) is 2.73. The van der Waals surface area contributed by atoms with E-state index in [1.807, 2.05) is 25.1 Å². The second kappa shape index (κ2) is 8.18. The molecule has 4 rings (SSSR count). The molecule has 0 fully saturated rings. The number of nitrogens with zero attached hydrogens (tertiary/aromatic N) is 2. The molecule has 2 aliphatic rings. The molecule has 7 nitrogen and oxygen atoms in total. The highest BCUT2D eigenvalue weighted by Crippen LogP contribution is 2.30. The quantitative estimate of drug-likeness (QED) is 0.827. The second-order valence-electron chi connectivity index (χ2n) is 7.87. The van der Waals surface area contributed by atoms with Crippen molar-refractivity contribution in [3.63, 3.8) is 0 Å². The Hall–Kier alpha value is -3.35. The molecule has 0 aromatic heterocycles. The summed E-state index contributed by atoms with van der Waals surface area (Å²) in [5.74, 6) is 0.336. The summed E-state index contributed by atoms with van der Waals surface area (Å²) >= 11 is 0. The summed E-state index contributed by atoms with van der Waals surface area (Å²) in [6, 6.07) is 13.2. The highest BCUT2D eigenvalue weighted by molar-refractivity contribution is 6.10. The van der Waals surface area contributed by atoms with Gasteiger partial charge in [-0.25, -0.2) is 0 Å². The Balaban J connectivity index is 1.34. The number of hydrogen-bond acceptors (Lipinski definition) is 4. The third-order valence-corrected chi connectivity index (χ3v) is 5.43. The van der Waals surface area contributed by atoms with Crippen LogP contribution in [0.3, 0.4) is 0 Å². The third kappa shape index (κ3) is 4.15. The lowest BCUT2D eigenvalue weighted by Gasteiger charge is -2.29. The van der Waals surface area contributed by atoms with Crippen molar-refractivity contribution in [3.05, 3.63) is 53.6 Å². The van der Waals surface area contributed by atoms with Gasteiger partial charge in [-0.1, -0.05) is 24.3 Å². The molecular weight excluding hydrogens is 382 g/mol. The van der Waals surface area contributed by atoms with E-state index in [2.05, 4.69) is 11.4 Å². The van der Waals surface area contributed by atoms with Gasteiger partial charge in [-0.05, 0) is 36.2 Å². The first-order valence-electron chi connectivity index (χ1n) is 10.1. The zero-order valence-electron chi connectivity index (χ0n) is 17.2. The van der Waals surface area contributed by atoms with Crippen molar-refractivity contribution in [2.24, 2.45) is 0 Å². The largest absolute Gasteiger partial charge is 0.490 e. The lowest BCUT2D eigenvalue weighted by atomic mass is 10.1. The average molecular weight is 407 g/mol. The van der Waals surface area contributed by atoms with E-state index in [9.17, 15) is 14.4 Å². The maximum atomic E-state index is 12.7. The molecule has 2 aromatic carbocycles. The number of carbonyl (C=O) groups is 3. The van der Waals surface area contributed by atoms with E-state index >= 15 is 0 Å². The van der Waals surface area contributed by atoms with Crippen molar-refractivity contribution in [2.75, 3.05) is 23.8 Å². The minimum absolute atomic E-state index is 0.0322. The minimum atomic E-state index is -0.236. The minimum Gasteiger partial charge on any atom is -0.490 e. The van der Waals surface area contributed by atoms with Crippen molar-refractivity contribution < 1.29 is 19.1 Å². The summed E-state index contributed by atoms with van der Waals surface area (Å²) in [5.41, 5.74) is 3.48. The molecule has 0 bridgehead atoms. The summed E-state index contributed by atoms with van der Waals surface area (Å²) in [4.78, 5) is 40.3. The fourth-order valence-electron chi connectivity index (χ4n) is 3.93. The number of anilines is 2. The van der Waals surface area contributed by atoms with Crippen molar-refractivity contribution in [3.8, 4) is 5.75 Å². The van der Waals surface area contributed by atoms with Gasteiger partial charge in [0.05, 0.1) is 11.4 Å². The fraction of sp³-hybridized carbons (Fsp3) is 0.348. The van der Waals surface area contributed by atoms with Crippen molar-refractivity contribution in [2.45, 2.75) is 38.8 Å². The lowest BCUT2D eigenvalue weighted by molar-refractivity contribution is -0.132. The molecule has 1 N–H and O–H groups in total. The molecule has 156 valence electrons. The Bertz CT molecular complexity index is 1000. The summed E-state index contributed by atoms with van der Waals surface area (Å²) in [6.45, 7) is 2.48. The molecule has 30 heavy (non-hydrogen) atoms. The molecule has 2 aromatic rings. The monoisotopic (exact) mass is 407 g/mol. The first-order chi connectivity index (χ1) is 14.4. The zero-order valence-corrected chi connectivity index (χ0v) is 17.2. The van der Waals surface area contributed by atoms with E-state index in [0.29, 0.717) is 17.9 Å². The number of para-hydroxylation sites is 2. The first-order valence-corrected chi connectivity index (χ1v) is 10.1. The number of fused-ring (bicyclic) bond motifs is 2. The topological polar surface area (TPSA) is 79.0 Å². The van der Waals surface area contributed by atoms with E-state index in [1.165, 1.54) is 4.90 Å². The lowest BCUT2D eigenvalue weighted by Crippen LogP contribution is -2.42. The van der Waals surface area contributed by atoms with Crippen LogP contribution in [0.5, 0.6) is 5.75 Å². The molecule has 0 saturated carbocycles. The summed E-state index contributed by atoms with van der Waals surface area (Å²) in [7, 11) is 1.74. The fourth-order valence-corrected chi connectivity index (χ4v) is 3.93. The van der Waals surface area contributed by atoms with Gasteiger partial charge in [0.1, 0.15) is 18.4 Å². The zero-order chi connectivity index (χ0) is 21.3. The van der Waals surface area contributed by atoms with Crippen LogP contribution in [0.15, 0.2) is 42.5 Å². The predicted molar refractivity (Wildman–Crippen MR) is 113 cm³/mol. The highest BCUT2D eigenvalue weighted by atomic mass is 16.5. The van der Waals surface area contributed by atoms with Gasteiger partial charge in [0.2, 0.25) is 17.7 Å². The van der Waals surface area contributed by atoms with Gasteiger partial charge >= 0.3 is 0 Å². The number of nitrogens with one attached hydrogen (secondary N) is 1. The van der Waals surface area contributed by atoms with E-state index in [-0.39, 0.29) is 43.2 Å². The van der Waals surface area contributed by atoms with Crippen LogP contribution in [0.25, 0.3) is 0 Å². The van der Waals surface area contributed by atoms with E-state index in [4.69, 9.17) is 4.74 Å². The smallest absolute Gasteiger partial charge is 0.244 e. The number of benzene rings is 2. The Morgan fingerprint density at radius 3 is 2.83 bits per heavy atom. The first kappa shape index (κ1) is 19.9. The van der Waals surface area contributed by atoms with Crippen LogP contribution in [0.1, 0.15) is 30.9 Å². The van der Waals surface area contributed by atoms with Gasteiger partial charge in [0.15, 0.2) is 0 Å². The molecule has 2 heterocycles. The molecule has 2 aliphatic heterocycles. The van der Waals surface area contributed by atoms with Crippen LogP contribution >= 0.6 is 0 Å². The summed E-state index contributed by atoms with van der Waals surface area (Å²) < 4.78 is 5.72. The Morgan fingerprint density at radius 2 is 2.00 bits per heavy atom. The van der Waals surface area contributed by atoms with Crippen molar-refractivity contribution >= 4 is 29.1 Å². The summed E-state index contributed by atoms with van der Waals surface area (Å²) in [5, 5.41) is 2.76. The standard InChI is InChI=1S/C23H25N3O4/c1-15-11-17-12-16(7-8-20(17)30-15)13-25(2)22(28)9-10-23(29)26-14-21(27)24-18-5-3-4-6-19(18)26/h3-8,12,15H,9-11,13-14H2,1-2H3,(H,24,27). The molecule has 0 saturated heterocycles. The van der Waals surface area contributed by atoms with Gasteiger partial charge < -0.3 is 19.9 Å². The molecule has 3 amide bonds. The van der Waals surface area contributed by atoms with Crippen LogP contribution < -0.4 is 15.0 Å². The third-order valence-electron chi connectivity index (χ3n) is 5.43.